The van der Waals surface area contributed by atoms with E-state index in [4.69, 9.17) is 9.47 Å². The number of nitrogens with zero attached hydrogens (tertiary/aromatic N) is 1. The molecule has 1 aliphatic carbocycles. The van der Waals surface area contributed by atoms with Gasteiger partial charge in [0.05, 0.1) is 6.04 Å². The van der Waals surface area contributed by atoms with Crippen LogP contribution in [0.3, 0.4) is 0 Å². The Morgan fingerprint density at radius 2 is 1.64 bits per heavy atom. The predicted molar refractivity (Wildman–Crippen MR) is 121 cm³/mol. The van der Waals surface area contributed by atoms with Crippen molar-refractivity contribution in [1.82, 2.24) is 9.88 Å². The maximum Gasteiger partial charge on any atom is 0.305 e. The maximum atomic E-state index is 12.9. The molecule has 3 aromatic rings. The third-order valence-corrected chi connectivity index (χ3v) is 6.42. The van der Waals surface area contributed by atoms with Crippen molar-refractivity contribution in [3.05, 3.63) is 99.0 Å². The average Bonchev–Trinajstić information content (AvgIpc) is 2.98. The van der Waals surface area contributed by atoms with E-state index in [1.807, 2.05) is 16.7 Å². The second kappa shape index (κ2) is 8.58. The number of hydrogen-bond acceptors (Lipinski definition) is 5. The highest BCUT2D eigenvalue weighted by molar-refractivity contribution is 5.96. The first-order valence-electron chi connectivity index (χ1n) is 11.0. The Labute approximate surface area is 191 Å². The van der Waals surface area contributed by atoms with Gasteiger partial charge >= 0.3 is 5.97 Å². The first-order valence-corrected chi connectivity index (χ1v) is 11.0. The molecule has 1 N–H and O–H groups in total. The Hall–Kier alpha value is -3.87. The minimum atomic E-state index is -0.533. The molecule has 0 saturated carbocycles. The monoisotopic (exact) mass is 444 g/mol. The normalized spacial score (nSPS) is 17.1. The molecule has 5 rings (SSSR count). The summed E-state index contributed by atoms with van der Waals surface area (Å²) in [6.45, 7) is 1.22. The Morgan fingerprint density at radius 3 is 2.27 bits per heavy atom. The molecule has 0 bridgehead atoms. The van der Waals surface area contributed by atoms with Gasteiger partial charge in [0.2, 0.25) is 12.2 Å². The van der Waals surface area contributed by atoms with Crippen LogP contribution in [0.5, 0.6) is 5.75 Å². The molecular formula is C26H24N2O5. The first kappa shape index (κ1) is 21.0. The zero-order chi connectivity index (χ0) is 22.9. The quantitative estimate of drug-likeness (QED) is 0.494. The lowest BCUT2D eigenvalue weighted by Gasteiger charge is -2.36. The van der Waals surface area contributed by atoms with Crippen LogP contribution in [-0.2, 0) is 22.4 Å². The number of aryl methyl sites for hydroxylation is 2. The molecule has 1 atom stereocenters. The van der Waals surface area contributed by atoms with Crippen LogP contribution in [0.1, 0.15) is 51.6 Å². The van der Waals surface area contributed by atoms with Crippen molar-refractivity contribution in [2.45, 2.75) is 31.7 Å². The summed E-state index contributed by atoms with van der Waals surface area (Å²) in [6.07, 6.45) is 3.54. The van der Waals surface area contributed by atoms with Crippen LogP contribution in [0, 0.1) is 0 Å². The number of amides is 1. The van der Waals surface area contributed by atoms with E-state index < -0.39 is 24.1 Å². The molecule has 33 heavy (non-hydrogen) atoms. The molecule has 1 aromatic heterocycles. The lowest BCUT2D eigenvalue weighted by atomic mass is 9.81. The van der Waals surface area contributed by atoms with E-state index >= 15 is 0 Å². The van der Waals surface area contributed by atoms with Crippen molar-refractivity contribution in [3.63, 3.8) is 0 Å². The lowest BCUT2D eigenvalue weighted by Crippen LogP contribution is -2.43. The number of fused-ring (bicyclic) bond motifs is 3. The number of aromatic nitrogens is 1. The van der Waals surface area contributed by atoms with Crippen molar-refractivity contribution in [3.8, 4) is 5.75 Å². The van der Waals surface area contributed by atoms with Crippen molar-refractivity contribution in [1.29, 1.82) is 0 Å². The second-order valence-corrected chi connectivity index (χ2v) is 8.32. The highest BCUT2D eigenvalue weighted by Gasteiger charge is 2.37. The van der Waals surface area contributed by atoms with Gasteiger partial charge < -0.3 is 19.4 Å². The third-order valence-electron chi connectivity index (χ3n) is 6.42. The van der Waals surface area contributed by atoms with Gasteiger partial charge in [0.15, 0.2) is 11.4 Å². The fourth-order valence-electron chi connectivity index (χ4n) is 4.98. The fourth-order valence-corrected chi connectivity index (χ4v) is 4.98. The molecule has 2 aromatic carbocycles. The molecule has 168 valence electrons. The summed E-state index contributed by atoms with van der Waals surface area (Å²) in [4.78, 5) is 36.6. The van der Waals surface area contributed by atoms with Gasteiger partial charge in [-0.2, -0.15) is 0 Å². The molecular weight excluding hydrogens is 420 g/mol. The van der Waals surface area contributed by atoms with Gasteiger partial charge in [0.1, 0.15) is 0 Å². The van der Waals surface area contributed by atoms with Crippen molar-refractivity contribution in [2.24, 2.45) is 0 Å². The van der Waals surface area contributed by atoms with Gasteiger partial charge in [-0.25, -0.2) is 0 Å². The predicted octanol–water partition coefficient (Wildman–Crippen LogP) is 2.96. The average molecular weight is 444 g/mol. The van der Waals surface area contributed by atoms with Crippen LogP contribution in [0.25, 0.3) is 0 Å². The van der Waals surface area contributed by atoms with Gasteiger partial charge in [-0.05, 0) is 35.1 Å². The van der Waals surface area contributed by atoms with E-state index in [0.717, 1.165) is 12.8 Å². The minimum Gasteiger partial charge on any atom is -0.451 e. The van der Waals surface area contributed by atoms with Crippen molar-refractivity contribution >= 4 is 11.9 Å². The Kier molecular flexibility index (Phi) is 5.46. The zero-order valence-electron chi connectivity index (χ0n) is 18.2. The number of rotatable bonds is 4. The maximum absolute atomic E-state index is 12.9. The topological polar surface area (TPSA) is 86.6 Å². The van der Waals surface area contributed by atoms with Crippen LogP contribution in [0.15, 0.2) is 65.6 Å². The number of carbonyl (C=O) groups excluding carboxylic acids is 2. The number of pyridine rings is 1. The molecule has 0 fully saturated rings. The van der Waals surface area contributed by atoms with E-state index in [0.29, 0.717) is 6.54 Å². The minimum absolute atomic E-state index is 0.0249. The number of esters is 1. The summed E-state index contributed by atoms with van der Waals surface area (Å²) in [7, 11) is 0. The molecule has 7 nitrogen and oxygen atoms in total. The first-order chi connectivity index (χ1) is 16.0. The van der Waals surface area contributed by atoms with Gasteiger partial charge in [0.25, 0.3) is 5.91 Å². The molecule has 1 unspecified atom stereocenters. The Bertz CT molecular complexity index is 1250. The summed E-state index contributed by atoms with van der Waals surface area (Å²) in [5.41, 5.74) is 4.70. The van der Waals surface area contributed by atoms with Crippen molar-refractivity contribution < 1.29 is 19.1 Å². The Morgan fingerprint density at radius 1 is 1.00 bits per heavy atom. The van der Waals surface area contributed by atoms with Crippen LogP contribution in [-0.4, -0.2) is 29.8 Å². The van der Waals surface area contributed by atoms with E-state index in [9.17, 15) is 14.4 Å². The molecule has 2 heterocycles. The van der Waals surface area contributed by atoms with E-state index in [1.165, 1.54) is 35.2 Å². The summed E-state index contributed by atoms with van der Waals surface area (Å²) in [5.74, 6) is -1.06. The van der Waals surface area contributed by atoms with Crippen molar-refractivity contribution in [2.75, 3.05) is 13.3 Å². The van der Waals surface area contributed by atoms with Gasteiger partial charge in [-0.15, -0.1) is 0 Å². The van der Waals surface area contributed by atoms with Crippen LogP contribution in [0.4, 0.5) is 0 Å². The number of carbonyl (C=O) groups is 2. The standard InChI is InChI=1S/C26H24N2O5/c1-16(29)32-15-33-25-22(30)12-13-28-21(14-27-26(31)24(25)28)23-19-8-4-2-6-17(19)10-11-18-7-3-5-9-20(18)23/h2-9,12-13,21,23H,10-11,14-15H2,1H3,(H,27,31). The van der Waals surface area contributed by atoms with Crippen LogP contribution >= 0.6 is 0 Å². The summed E-state index contributed by atoms with van der Waals surface area (Å²) in [5, 5.41) is 2.95. The molecule has 1 amide bonds. The number of hydrogen-bond donors (Lipinski definition) is 1. The SMILES string of the molecule is CC(=O)OCOc1c2n(ccc1=O)C(C1c3ccccc3CCc3ccccc31)CNC2=O. The van der Waals surface area contributed by atoms with Crippen LogP contribution < -0.4 is 15.5 Å². The third kappa shape index (κ3) is 3.80. The fraction of sp³-hybridized carbons (Fsp3) is 0.269. The summed E-state index contributed by atoms with van der Waals surface area (Å²) < 4.78 is 12.2. The van der Waals surface area contributed by atoms with Gasteiger partial charge in [-0.3, -0.25) is 14.4 Å². The zero-order valence-corrected chi connectivity index (χ0v) is 18.2. The van der Waals surface area contributed by atoms with Gasteiger partial charge in [-0.1, -0.05) is 48.5 Å². The number of benzene rings is 2. The largest absolute Gasteiger partial charge is 0.451 e. The Balaban J connectivity index is 1.66. The lowest BCUT2D eigenvalue weighted by molar-refractivity contribution is -0.147. The number of ether oxygens (including phenoxy) is 2. The van der Waals surface area contributed by atoms with E-state index in [-0.39, 0.29) is 23.4 Å². The highest BCUT2D eigenvalue weighted by Crippen LogP contribution is 2.42. The molecule has 0 radical (unpaired) electrons. The molecule has 1 aliphatic heterocycles. The highest BCUT2D eigenvalue weighted by atomic mass is 16.7. The second-order valence-electron chi connectivity index (χ2n) is 8.32. The summed E-state index contributed by atoms with van der Waals surface area (Å²) >= 11 is 0. The summed E-state index contributed by atoms with van der Waals surface area (Å²) in [6, 6.07) is 18.0. The molecule has 0 spiro atoms. The van der Waals surface area contributed by atoms with E-state index in [1.54, 1.807) is 6.20 Å². The molecule has 7 heteroatoms. The number of nitrogens with one attached hydrogen (secondary N) is 1. The van der Waals surface area contributed by atoms with E-state index in [2.05, 4.69) is 41.7 Å². The smallest absolute Gasteiger partial charge is 0.305 e. The molecule has 2 aliphatic rings. The molecule has 0 saturated heterocycles. The van der Waals surface area contributed by atoms with Gasteiger partial charge in [0, 0.05) is 31.6 Å². The van der Waals surface area contributed by atoms with Crippen LogP contribution in [0.2, 0.25) is 0 Å².